The monoisotopic (exact) mass is 575 g/mol. The fourth-order valence-corrected chi connectivity index (χ4v) is 4.37. The Morgan fingerprint density at radius 2 is 1.82 bits per heavy atom. The van der Waals surface area contributed by atoms with Gasteiger partial charge in [-0.1, -0.05) is 42.5 Å². The topological polar surface area (TPSA) is 46.1 Å². The molecule has 2 aromatic rings. The zero-order valence-corrected chi connectivity index (χ0v) is 20.8. The average molecular weight is 575 g/mol. The van der Waals surface area contributed by atoms with Gasteiger partial charge in [-0.05, 0) is 29.7 Å². The summed E-state index contributed by atoms with van der Waals surface area (Å²) in [5, 5.41) is 3.45. The quantitative estimate of drug-likeness (QED) is 0.315. The van der Waals surface area contributed by atoms with Gasteiger partial charge in [0.2, 0.25) is 0 Å². The summed E-state index contributed by atoms with van der Waals surface area (Å²) in [6.07, 6.45) is -3.82. The molecular weight excluding hydrogens is 546 g/mol. The van der Waals surface area contributed by atoms with Crippen LogP contribution >= 0.6 is 24.0 Å². The van der Waals surface area contributed by atoms with E-state index in [4.69, 9.17) is 9.47 Å². The lowest BCUT2D eigenvalue weighted by molar-refractivity contribution is -0.137. The summed E-state index contributed by atoms with van der Waals surface area (Å²) in [6, 6.07) is 15.6. The molecule has 2 heterocycles. The molecule has 0 bridgehead atoms. The smallest absolute Gasteiger partial charge is 0.373 e. The second-order valence-corrected chi connectivity index (χ2v) is 8.11. The Bertz CT molecular complexity index is 927. The normalized spacial score (nSPS) is 23.8. The number of ether oxygens (including phenoxy) is 2. The van der Waals surface area contributed by atoms with Gasteiger partial charge < -0.3 is 19.7 Å². The Labute approximate surface area is 209 Å². The Balaban J connectivity index is 0.00000306. The third kappa shape index (κ3) is 6.39. The van der Waals surface area contributed by atoms with Crippen LogP contribution in [0.5, 0.6) is 0 Å². The van der Waals surface area contributed by atoms with Gasteiger partial charge in [-0.15, -0.1) is 24.0 Å². The second-order valence-electron chi connectivity index (χ2n) is 8.11. The summed E-state index contributed by atoms with van der Waals surface area (Å²) in [5.41, 5.74) is 1.03. The molecule has 5 nitrogen and oxygen atoms in total. The minimum Gasteiger partial charge on any atom is -0.373 e. The van der Waals surface area contributed by atoms with E-state index in [1.165, 1.54) is 17.7 Å². The van der Waals surface area contributed by atoms with Crippen molar-refractivity contribution in [3.8, 4) is 0 Å². The summed E-state index contributed by atoms with van der Waals surface area (Å²) in [6.45, 7) is 2.90. The highest BCUT2D eigenvalue weighted by Gasteiger charge is 2.33. The zero-order chi connectivity index (χ0) is 22.6. The highest BCUT2D eigenvalue weighted by molar-refractivity contribution is 14.0. The molecule has 0 radical (unpaired) electrons. The highest BCUT2D eigenvalue weighted by atomic mass is 127. The maximum Gasteiger partial charge on any atom is 0.416 e. The van der Waals surface area contributed by atoms with Crippen LogP contribution in [0.15, 0.2) is 59.6 Å². The number of nitrogens with zero attached hydrogens (tertiary/aromatic N) is 2. The third-order valence-electron chi connectivity index (χ3n) is 6.03. The minimum absolute atomic E-state index is 0. The van der Waals surface area contributed by atoms with Gasteiger partial charge in [0.1, 0.15) is 6.10 Å². The lowest BCUT2D eigenvalue weighted by Gasteiger charge is -2.36. The molecule has 4 rings (SSSR count). The standard InChI is InChI=1S/C24H28F3N3O2.HI/c1-28-23(29-15-19-10-12-32-22(19)17-6-3-2-4-7-17)30-11-13-31-21(16-30)18-8-5-9-20(14-18)24(25,26)27;/h2-9,14,19,21-22H,10-13,15-16H2,1H3,(H,28,29);1H. The van der Waals surface area contributed by atoms with Crippen LogP contribution in [0.2, 0.25) is 0 Å². The largest absolute Gasteiger partial charge is 0.416 e. The molecule has 2 aromatic carbocycles. The van der Waals surface area contributed by atoms with Gasteiger partial charge in [0.05, 0.1) is 24.8 Å². The maximum absolute atomic E-state index is 13.1. The lowest BCUT2D eigenvalue weighted by Crippen LogP contribution is -2.49. The maximum atomic E-state index is 13.1. The van der Waals surface area contributed by atoms with Crippen LogP contribution in [-0.2, 0) is 15.7 Å². The molecular formula is C24H29F3IN3O2. The molecule has 2 fully saturated rings. The number of nitrogens with one attached hydrogen (secondary N) is 1. The molecule has 9 heteroatoms. The fraction of sp³-hybridized carbons (Fsp3) is 0.458. The van der Waals surface area contributed by atoms with E-state index in [1.807, 2.05) is 23.1 Å². The molecule has 2 saturated heterocycles. The van der Waals surface area contributed by atoms with Crippen molar-refractivity contribution in [1.29, 1.82) is 0 Å². The average Bonchev–Trinajstić information content (AvgIpc) is 3.28. The second kappa shape index (κ2) is 11.5. The predicted octanol–water partition coefficient (Wildman–Crippen LogP) is 5.05. The highest BCUT2D eigenvalue weighted by Crippen LogP contribution is 2.34. The number of halogens is 4. The van der Waals surface area contributed by atoms with Gasteiger partial charge in [-0.3, -0.25) is 4.99 Å². The van der Waals surface area contributed by atoms with Gasteiger partial charge in [0.15, 0.2) is 5.96 Å². The van der Waals surface area contributed by atoms with Crippen LogP contribution in [0.1, 0.15) is 35.3 Å². The molecule has 1 N–H and O–H groups in total. The first kappa shape index (κ1) is 25.8. The van der Waals surface area contributed by atoms with Gasteiger partial charge in [0, 0.05) is 32.7 Å². The van der Waals surface area contributed by atoms with Crippen LogP contribution in [-0.4, -0.2) is 50.8 Å². The molecule has 2 aliphatic rings. The van der Waals surface area contributed by atoms with Crippen molar-refractivity contribution in [3.05, 3.63) is 71.3 Å². The molecule has 0 aromatic heterocycles. The predicted molar refractivity (Wildman–Crippen MR) is 132 cm³/mol. The molecule has 2 aliphatic heterocycles. The van der Waals surface area contributed by atoms with Crippen LogP contribution in [0.3, 0.4) is 0 Å². The van der Waals surface area contributed by atoms with E-state index in [2.05, 4.69) is 22.4 Å². The van der Waals surface area contributed by atoms with E-state index < -0.39 is 17.8 Å². The van der Waals surface area contributed by atoms with Gasteiger partial charge in [-0.2, -0.15) is 13.2 Å². The summed E-state index contributed by atoms with van der Waals surface area (Å²) in [7, 11) is 1.72. The Kier molecular flexibility index (Phi) is 9.00. The minimum atomic E-state index is -4.37. The van der Waals surface area contributed by atoms with Crippen molar-refractivity contribution in [2.24, 2.45) is 10.9 Å². The molecule has 0 aliphatic carbocycles. The number of benzene rings is 2. The number of morpholine rings is 1. The molecule has 3 atom stereocenters. The Morgan fingerprint density at radius 3 is 2.55 bits per heavy atom. The van der Waals surface area contributed by atoms with E-state index in [0.29, 0.717) is 37.7 Å². The van der Waals surface area contributed by atoms with Crippen molar-refractivity contribution in [1.82, 2.24) is 10.2 Å². The van der Waals surface area contributed by atoms with Crippen LogP contribution in [0.4, 0.5) is 13.2 Å². The first-order chi connectivity index (χ1) is 15.5. The summed E-state index contributed by atoms with van der Waals surface area (Å²) in [4.78, 5) is 6.45. The third-order valence-corrected chi connectivity index (χ3v) is 6.03. The molecule has 0 saturated carbocycles. The SMILES string of the molecule is CN=C(NCC1CCOC1c1ccccc1)N1CCOC(c2cccc(C(F)(F)F)c2)C1.I. The zero-order valence-electron chi connectivity index (χ0n) is 18.4. The van der Waals surface area contributed by atoms with E-state index >= 15 is 0 Å². The number of aliphatic imine (C=N–C) groups is 1. The van der Waals surface area contributed by atoms with Crippen molar-refractivity contribution >= 4 is 29.9 Å². The van der Waals surface area contributed by atoms with Crippen LogP contribution in [0, 0.1) is 5.92 Å². The number of hydrogen-bond donors (Lipinski definition) is 1. The first-order valence-electron chi connectivity index (χ1n) is 10.9. The van der Waals surface area contributed by atoms with E-state index in [1.54, 1.807) is 13.1 Å². The van der Waals surface area contributed by atoms with Crippen molar-refractivity contribution in [3.63, 3.8) is 0 Å². The first-order valence-corrected chi connectivity index (χ1v) is 10.9. The number of rotatable bonds is 4. The number of hydrogen-bond acceptors (Lipinski definition) is 3. The van der Waals surface area contributed by atoms with E-state index in [9.17, 15) is 13.2 Å². The van der Waals surface area contributed by atoms with Crippen molar-refractivity contribution < 1.29 is 22.6 Å². The summed E-state index contributed by atoms with van der Waals surface area (Å²) in [5.74, 6) is 1.04. The molecule has 0 amide bonds. The van der Waals surface area contributed by atoms with E-state index in [-0.39, 0.29) is 30.1 Å². The van der Waals surface area contributed by atoms with E-state index in [0.717, 1.165) is 25.1 Å². The lowest BCUT2D eigenvalue weighted by atomic mass is 9.95. The molecule has 33 heavy (non-hydrogen) atoms. The number of guanidine groups is 1. The Morgan fingerprint density at radius 1 is 1.06 bits per heavy atom. The fourth-order valence-electron chi connectivity index (χ4n) is 4.37. The van der Waals surface area contributed by atoms with Gasteiger partial charge >= 0.3 is 6.18 Å². The molecule has 0 spiro atoms. The van der Waals surface area contributed by atoms with Crippen molar-refractivity contribution in [2.75, 3.05) is 39.9 Å². The van der Waals surface area contributed by atoms with Crippen molar-refractivity contribution in [2.45, 2.75) is 24.8 Å². The Hall–Kier alpha value is -1.85. The number of alkyl halides is 3. The van der Waals surface area contributed by atoms with Gasteiger partial charge in [-0.25, -0.2) is 0 Å². The molecule has 3 unspecified atom stereocenters. The van der Waals surface area contributed by atoms with Crippen LogP contribution < -0.4 is 5.32 Å². The molecule has 180 valence electrons. The summed E-state index contributed by atoms with van der Waals surface area (Å²) < 4.78 is 51.1. The van der Waals surface area contributed by atoms with Gasteiger partial charge in [0.25, 0.3) is 0 Å². The summed E-state index contributed by atoms with van der Waals surface area (Å²) >= 11 is 0. The van der Waals surface area contributed by atoms with Crippen LogP contribution in [0.25, 0.3) is 0 Å².